The lowest BCUT2D eigenvalue weighted by Crippen LogP contribution is -2.20. The molecule has 0 spiro atoms. The van der Waals surface area contributed by atoms with E-state index in [0.717, 1.165) is 22.9 Å². The number of anilines is 3. The van der Waals surface area contributed by atoms with Gasteiger partial charge in [-0.2, -0.15) is 13.2 Å². The van der Waals surface area contributed by atoms with Gasteiger partial charge in [0, 0.05) is 38.9 Å². The minimum absolute atomic E-state index is 0.0623. The summed E-state index contributed by atoms with van der Waals surface area (Å²) in [6, 6.07) is 14.3. The first-order chi connectivity index (χ1) is 16.6. The Morgan fingerprint density at radius 1 is 0.943 bits per heavy atom. The predicted molar refractivity (Wildman–Crippen MR) is 133 cm³/mol. The highest BCUT2D eigenvalue weighted by atomic mass is 35.5. The zero-order chi connectivity index (χ0) is 25.2. The molecule has 0 unspecified atom stereocenters. The maximum atomic E-state index is 13.0. The molecule has 0 saturated heterocycles. The number of aromatic nitrogens is 1. The second-order valence-electron chi connectivity index (χ2n) is 7.35. The largest absolute Gasteiger partial charge is 0.417 e. The van der Waals surface area contributed by atoms with Crippen LogP contribution in [-0.2, 0) is 6.18 Å². The Kier molecular flexibility index (Phi) is 6.74. The van der Waals surface area contributed by atoms with E-state index in [2.05, 4.69) is 27.5 Å². The number of benzene rings is 3. The zero-order valence-corrected chi connectivity index (χ0v) is 19.2. The molecule has 4 N–H and O–H groups in total. The SMILES string of the molecule is Nc1ncc2ccc(Cl)cc2c1C#Cc1cccc(NC(=O)Nc2ccc(Cl)c(C(F)(F)F)c2)c1. The minimum Gasteiger partial charge on any atom is -0.383 e. The Morgan fingerprint density at radius 3 is 2.43 bits per heavy atom. The number of rotatable bonds is 2. The third-order valence-electron chi connectivity index (χ3n) is 4.87. The topological polar surface area (TPSA) is 80.0 Å². The fraction of sp³-hybridized carbons (Fsp3) is 0.0400. The van der Waals surface area contributed by atoms with Crippen LogP contribution in [0.5, 0.6) is 0 Å². The van der Waals surface area contributed by atoms with Crippen LogP contribution in [0.1, 0.15) is 16.7 Å². The van der Waals surface area contributed by atoms with E-state index < -0.39 is 22.8 Å². The summed E-state index contributed by atoms with van der Waals surface area (Å²) in [4.78, 5) is 16.5. The lowest BCUT2D eigenvalue weighted by molar-refractivity contribution is -0.137. The fourth-order valence-electron chi connectivity index (χ4n) is 3.25. The summed E-state index contributed by atoms with van der Waals surface area (Å²) in [5.41, 5.74) is 6.37. The first-order valence-electron chi connectivity index (χ1n) is 10.0. The molecule has 0 fully saturated rings. The van der Waals surface area contributed by atoms with Crippen molar-refractivity contribution in [2.75, 3.05) is 16.4 Å². The number of hydrogen-bond acceptors (Lipinski definition) is 3. The minimum atomic E-state index is -4.65. The number of nitrogens with zero attached hydrogens (tertiary/aromatic N) is 1. The molecule has 0 aliphatic rings. The Morgan fingerprint density at radius 2 is 1.69 bits per heavy atom. The van der Waals surface area contributed by atoms with Crippen LogP contribution in [0.4, 0.5) is 35.2 Å². The number of halogens is 5. The molecule has 1 aromatic heterocycles. The van der Waals surface area contributed by atoms with Gasteiger partial charge in [-0.05, 0) is 48.5 Å². The molecule has 0 aliphatic heterocycles. The van der Waals surface area contributed by atoms with Crippen molar-refractivity contribution in [1.82, 2.24) is 4.98 Å². The summed E-state index contributed by atoms with van der Waals surface area (Å²) < 4.78 is 39.1. The highest BCUT2D eigenvalue weighted by Gasteiger charge is 2.33. The average molecular weight is 515 g/mol. The summed E-state index contributed by atoms with van der Waals surface area (Å²) in [5.74, 6) is 6.24. The molecule has 4 rings (SSSR count). The van der Waals surface area contributed by atoms with Crippen LogP contribution >= 0.6 is 23.2 Å². The van der Waals surface area contributed by atoms with Crippen molar-refractivity contribution >= 4 is 57.2 Å². The number of hydrogen-bond donors (Lipinski definition) is 3. The van der Waals surface area contributed by atoms with Crippen molar-refractivity contribution in [1.29, 1.82) is 0 Å². The van der Waals surface area contributed by atoms with Gasteiger partial charge >= 0.3 is 12.2 Å². The van der Waals surface area contributed by atoms with Gasteiger partial charge in [-0.1, -0.05) is 47.2 Å². The monoisotopic (exact) mass is 514 g/mol. The van der Waals surface area contributed by atoms with E-state index in [4.69, 9.17) is 28.9 Å². The van der Waals surface area contributed by atoms with E-state index in [1.807, 2.05) is 6.07 Å². The number of fused-ring (bicyclic) bond motifs is 1. The smallest absolute Gasteiger partial charge is 0.383 e. The Bertz CT molecular complexity index is 1510. The summed E-state index contributed by atoms with van der Waals surface area (Å²) in [5, 5.41) is 6.58. The Labute approximate surface area is 208 Å². The molecule has 3 aromatic carbocycles. The van der Waals surface area contributed by atoms with E-state index in [1.54, 1.807) is 42.6 Å². The number of carbonyl (C=O) groups is 1. The van der Waals surface area contributed by atoms with Crippen LogP contribution in [-0.4, -0.2) is 11.0 Å². The third-order valence-corrected chi connectivity index (χ3v) is 5.43. The maximum absolute atomic E-state index is 13.0. The summed E-state index contributed by atoms with van der Waals surface area (Å²) in [7, 11) is 0. The molecule has 5 nitrogen and oxygen atoms in total. The molecule has 0 aliphatic carbocycles. The van der Waals surface area contributed by atoms with Gasteiger partial charge in [-0.25, -0.2) is 9.78 Å². The highest BCUT2D eigenvalue weighted by Crippen LogP contribution is 2.36. The molecule has 4 aromatic rings. The second kappa shape index (κ2) is 9.74. The summed E-state index contributed by atoms with van der Waals surface area (Å²) >= 11 is 11.7. The molecular formula is C25H15Cl2F3N4O. The quantitative estimate of drug-likeness (QED) is 0.247. The molecule has 35 heavy (non-hydrogen) atoms. The number of alkyl halides is 3. The summed E-state index contributed by atoms with van der Waals surface area (Å²) in [6.07, 6.45) is -3.01. The first-order valence-corrected chi connectivity index (χ1v) is 10.8. The molecule has 2 amide bonds. The maximum Gasteiger partial charge on any atom is 0.417 e. The van der Waals surface area contributed by atoms with Gasteiger partial charge < -0.3 is 16.4 Å². The molecular weight excluding hydrogens is 500 g/mol. The normalized spacial score (nSPS) is 11.0. The third kappa shape index (κ3) is 5.77. The molecule has 10 heteroatoms. The molecule has 0 saturated carbocycles. The van der Waals surface area contributed by atoms with Gasteiger partial charge in [0.05, 0.1) is 16.1 Å². The average Bonchev–Trinajstić information content (AvgIpc) is 2.79. The van der Waals surface area contributed by atoms with Crippen molar-refractivity contribution in [3.63, 3.8) is 0 Å². The molecule has 0 atom stereocenters. The lowest BCUT2D eigenvalue weighted by Gasteiger charge is -2.12. The molecule has 176 valence electrons. The van der Waals surface area contributed by atoms with E-state index in [9.17, 15) is 18.0 Å². The molecule has 1 heterocycles. The van der Waals surface area contributed by atoms with Crippen molar-refractivity contribution in [3.8, 4) is 11.8 Å². The van der Waals surface area contributed by atoms with Gasteiger partial charge in [-0.15, -0.1) is 0 Å². The van der Waals surface area contributed by atoms with E-state index >= 15 is 0 Å². The summed E-state index contributed by atoms with van der Waals surface area (Å²) in [6.45, 7) is 0. The van der Waals surface area contributed by atoms with Gasteiger partial charge in [0.25, 0.3) is 0 Å². The van der Waals surface area contributed by atoms with E-state index in [0.29, 0.717) is 21.8 Å². The molecule has 0 bridgehead atoms. The lowest BCUT2D eigenvalue weighted by atomic mass is 10.1. The van der Waals surface area contributed by atoms with Crippen LogP contribution in [0.3, 0.4) is 0 Å². The van der Waals surface area contributed by atoms with E-state index in [1.165, 1.54) is 6.07 Å². The van der Waals surface area contributed by atoms with Crippen LogP contribution < -0.4 is 16.4 Å². The Hall–Kier alpha value is -3.93. The number of pyridine rings is 1. The zero-order valence-electron chi connectivity index (χ0n) is 17.7. The van der Waals surface area contributed by atoms with Crippen LogP contribution in [0.2, 0.25) is 10.0 Å². The standard InChI is InChI=1S/C25H15Cl2F3N4O/c26-16-6-5-15-13-32-23(31)19(20(15)11-16)8-4-14-2-1-3-17(10-14)33-24(35)34-18-7-9-22(27)21(12-18)25(28,29)30/h1-3,5-7,9-13H,(H2,31,32)(H2,33,34,35). The van der Waals surface area contributed by atoms with E-state index in [-0.39, 0.29) is 11.5 Å². The highest BCUT2D eigenvalue weighted by molar-refractivity contribution is 6.31. The van der Waals surface area contributed by atoms with Gasteiger partial charge in [0.1, 0.15) is 5.82 Å². The number of nitrogens with one attached hydrogen (secondary N) is 2. The van der Waals surface area contributed by atoms with Crippen molar-refractivity contribution in [3.05, 3.63) is 93.6 Å². The number of urea groups is 1. The van der Waals surface area contributed by atoms with Crippen molar-refractivity contribution in [2.45, 2.75) is 6.18 Å². The number of nitrogen functional groups attached to an aromatic ring is 1. The van der Waals surface area contributed by atoms with Crippen molar-refractivity contribution in [2.24, 2.45) is 0 Å². The Balaban J connectivity index is 1.53. The van der Waals surface area contributed by atoms with Crippen LogP contribution in [0.15, 0.2) is 66.9 Å². The number of amides is 2. The second-order valence-corrected chi connectivity index (χ2v) is 8.20. The number of carbonyl (C=O) groups excluding carboxylic acids is 1. The van der Waals surface area contributed by atoms with Crippen molar-refractivity contribution < 1.29 is 18.0 Å². The fourth-order valence-corrected chi connectivity index (χ4v) is 3.65. The molecule has 0 radical (unpaired) electrons. The van der Waals surface area contributed by atoms with Crippen LogP contribution in [0, 0.1) is 11.8 Å². The van der Waals surface area contributed by atoms with Gasteiger partial charge in [0.15, 0.2) is 0 Å². The first kappa shape index (κ1) is 24.2. The van der Waals surface area contributed by atoms with Gasteiger partial charge in [-0.3, -0.25) is 0 Å². The predicted octanol–water partition coefficient (Wildman–Crippen LogP) is 7.19. The van der Waals surface area contributed by atoms with Crippen LogP contribution in [0.25, 0.3) is 10.8 Å². The van der Waals surface area contributed by atoms with Gasteiger partial charge in [0.2, 0.25) is 0 Å². The number of nitrogens with two attached hydrogens (primary N) is 1.